The van der Waals surface area contributed by atoms with Crippen LogP contribution in [0.1, 0.15) is 27.6 Å². The molecule has 0 heterocycles. The molecule has 0 unspecified atom stereocenters. The summed E-state index contributed by atoms with van der Waals surface area (Å²) in [5, 5.41) is 5.47. The van der Waals surface area contributed by atoms with Crippen LogP contribution in [0.4, 0.5) is 11.4 Å². The number of hydrogen-bond acceptors (Lipinski definition) is 6. The number of ketones is 1. The molecule has 0 saturated carbocycles. The number of benzene rings is 3. The molecular formula is C25H24N2O6. The summed E-state index contributed by atoms with van der Waals surface area (Å²) in [7, 11) is 2.96. The van der Waals surface area contributed by atoms with Gasteiger partial charge < -0.3 is 24.8 Å². The normalized spacial score (nSPS) is 10.2. The largest absolute Gasteiger partial charge is 0.495 e. The van der Waals surface area contributed by atoms with Crippen molar-refractivity contribution in [3.05, 3.63) is 77.9 Å². The molecule has 3 aromatic rings. The molecule has 0 aliphatic carbocycles. The van der Waals surface area contributed by atoms with Crippen LogP contribution in [-0.4, -0.2) is 38.4 Å². The number of hydrogen-bond donors (Lipinski definition) is 2. The van der Waals surface area contributed by atoms with E-state index in [0.29, 0.717) is 39.8 Å². The Labute approximate surface area is 191 Å². The maximum absolute atomic E-state index is 12.6. The van der Waals surface area contributed by atoms with Crippen molar-refractivity contribution in [2.75, 3.05) is 31.5 Å². The molecule has 2 amide bonds. The lowest BCUT2D eigenvalue weighted by atomic mass is 10.1. The van der Waals surface area contributed by atoms with E-state index in [9.17, 15) is 14.4 Å². The van der Waals surface area contributed by atoms with Crippen LogP contribution >= 0.6 is 0 Å². The summed E-state index contributed by atoms with van der Waals surface area (Å²) < 4.78 is 16.1. The molecule has 0 radical (unpaired) electrons. The van der Waals surface area contributed by atoms with Gasteiger partial charge in [-0.05, 0) is 49.4 Å². The second kappa shape index (κ2) is 10.8. The predicted octanol–water partition coefficient (Wildman–Crippen LogP) is 4.18. The predicted molar refractivity (Wildman–Crippen MR) is 125 cm³/mol. The minimum absolute atomic E-state index is 0.0935. The van der Waals surface area contributed by atoms with Crippen molar-refractivity contribution in [1.29, 1.82) is 0 Å². The molecule has 0 aliphatic rings. The van der Waals surface area contributed by atoms with E-state index >= 15 is 0 Å². The van der Waals surface area contributed by atoms with Crippen LogP contribution in [0.3, 0.4) is 0 Å². The highest BCUT2D eigenvalue weighted by Gasteiger charge is 2.14. The molecule has 0 saturated heterocycles. The summed E-state index contributed by atoms with van der Waals surface area (Å²) >= 11 is 0. The fraction of sp³-hybridized carbons (Fsp3) is 0.160. The third-order valence-corrected chi connectivity index (χ3v) is 4.69. The van der Waals surface area contributed by atoms with E-state index < -0.39 is 0 Å². The van der Waals surface area contributed by atoms with Crippen LogP contribution in [0.25, 0.3) is 0 Å². The third kappa shape index (κ3) is 6.10. The van der Waals surface area contributed by atoms with Crippen LogP contribution in [0, 0.1) is 0 Å². The number of amides is 2. The Morgan fingerprint density at radius 3 is 2.24 bits per heavy atom. The summed E-state index contributed by atoms with van der Waals surface area (Å²) in [6, 6.07) is 18.3. The maximum Gasteiger partial charge on any atom is 0.262 e. The van der Waals surface area contributed by atoms with E-state index in [1.807, 2.05) is 0 Å². The lowest BCUT2D eigenvalue weighted by Gasteiger charge is -2.13. The first-order chi connectivity index (χ1) is 15.9. The van der Waals surface area contributed by atoms with E-state index in [1.165, 1.54) is 27.2 Å². The fourth-order valence-corrected chi connectivity index (χ4v) is 3.02. The third-order valence-electron chi connectivity index (χ3n) is 4.69. The van der Waals surface area contributed by atoms with Gasteiger partial charge in [-0.25, -0.2) is 0 Å². The number of methoxy groups -OCH3 is 2. The van der Waals surface area contributed by atoms with Gasteiger partial charge in [-0.15, -0.1) is 0 Å². The smallest absolute Gasteiger partial charge is 0.262 e. The Bertz CT molecular complexity index is 1180. The minimum Gasteiger partial charge on any atom is -0.495 e. The molecular weight excluding hydrogens is 424 g/mol. The van der Waals surface area contributed by atoms with Crippen LogP contribution < -0.4 is 24.8 Å². The standard InChI is InChI=1S/C25H24N2O6/c1-16(28)17-7-6-8-19(13-17)26-25(30)18-11-12-22(23(14-18)32-3)33-15-24(29)27-20-9-4-5-10-21(20)31-2/h4-14H,15H2,1-3H3,(H,26,30)(H,27,29). The maximum atomic E-state index is 12.6. The van der Waals surface area contributed by atoms with Crippen molar-refractivity contribution < 1.29 is 28.6 Å². The zero-order valence-corrected chi connectivity index (χ0v) is 18.5. The van der Waals surface area contributed by atoms with Crippen molar-refractivity contribution >= 4 is 29.0 Å². The molecule has 170 valence electrons. The highest BCUT2D eigenvalue weighted by atomic mass is 16.5. The van der Waals surface area contributed by atoms with E-state index in [0.717, 1.165) is 0 Å². The van der Waals surface area contributed by atoms with Gasteiger partial charge in [0.2, 0.25) is 0 Å². The summed E-state index contributed by atoms with van der Waals surface area (Å²) in [5.74, 6) is 0.285. The molecule has 8 heteroatoms. The van der Waals surface area contributed by atoms with E-state index in [2.05, 4.69) is 10.6 Å². The van der Waals surface area contributed by atoms with Gasteiger partial charge in [0, 0.05) is 16.8 Å². The lowest BCUT2D eigenvalue weighted by Crippen LogP contribution is -2.20. The molecule has 0 aliphatic heterocycles. The van der Waals surface area contributed by atoms with Crippen LogP contribution in [0.15, 0.2) is 66.7 Å². The first-order valence-electron chi connectivity index (χ1n) is 10.1. The van der Waals surface area contributed by atoms with Gasteiger partial charge in [-0.2, -0.15) is 0 Å². The Morgan fingerprint density at radius 1 is 0.758 bits per heavy atom. The second-order valence-electron chi connectivity index (χ2n) is 6.99. The Morgan fingerprint density at radius 2 is 1.52 bits per heavy atom. The lowest BCUT2D eigenvalue weighted by molar-refractivity contribution is -0.118. The van der Waals surface area contributed by atoms with Crippen molar-refractivity contribution in [2.24, 2.45) is 0 Å². The van der Waals surface area contributed by atoms with Gasteiger partial charge in [0.05, 0.1) is 19.9 Å². The zero-order valence-electron chi connectivity index (χ0n) is 18.5. The fourth-order valence-electron chi connectivity index (χ4n) is 3.02. The molecule has 2 N–H and O–H groups in total. The molecule has 0 bridgehead atoms. The van der Waals surface area contributed by atoms with Crippen molar-refractivity contribution in [3.63, 3.8) is 0 Å². The molecule has 0 spiro atoms. The Hall–Kier alpha value is -4.33. The van der Waals surface area contributed by atoms with Gasteiger partial charge in [-0.1, -0.05) is 24.3 Å². The summed E-state index contributed by atoms with van der Waals surface area (Å²) in [6.07, 6.45) is 0. The summed E-state index contributed by atoms with van der Waals surface area (Å²) in [5.41, 5.74) is 1.85. The highest BCUT2D eigenvalue weighted by Crippen LogP contribution is 2.29. The van der Waals surface area contributed by atoms with Crippen LogP contribution in [0.2, 0.25) is 0 Å². The highest BCUT2D eigenvalue weighted by molar-refractivity contribution is 6.05. The molecule has 0 atom stereocenters. The van der Waals surface area contributed by atoms with Gasteiger partial charge in [0.25, 0.3) is 11.8 Å². The summed E-state index contributed by atoms with van der Waals surface area (Å²) in [4.78, 5) is 36.5. The molecule has 8 nitrogen and oxygen atoms in total. The number of ether oxygens (including phenoxy) is 3. The second-order valence-corrected chi connectivity index (χ2v) is 6.99. The van der Waals surface area contributed by atoms with Crippen LogP contribution in [0.5, 0.6) is 17.2 Å². The van der Waals surface area contributed by atoms with E-state index in [-0.39, 0.29) is 24.2 Å². The molecule has 0 aromatic heterocycles. The topological polar surface area (TPSA) is 103 Å². The van der Waals surface area contributed by atoms with Crippen molar-refractivity contribution in [3.8, 4) is 17.2 Å². The van der Waals surface area contributed by atoms with Crippen molar-refractivity contribution in [1.82, 2.24) is 0 Å². The van der Waals surface area contributed by atoms with Gasteiger partial charge in [0.15, 0.2) is 23.9 Å². The number of rotatable bonds is 9. The van der Waals surface area contributed by atoms with Gasteiger partial charge in [0.1, 0.15) is 5.75 Å². The number of carbonyl (C=O) groups excluding carboxylic acids is 3. The molecule has 3 rings (SSSR count). The van der Waals surface area contributed by atoms with Crippen molar-refractivity contribution in [2.45, 2.75) is 6.92 Å². The van der Waals surface area contributed by atoms with Gasteiger partial charge >= 0.3 is 0 Å². The van der Waals surface area contributed by atoms with E-state index in [1.54, 1.807) is 60.7 Å². The quantitative estimate of drug-likeness (QED) is 0.476. The zero-order chi connectivity index (χ0) is 23.8. The minimum atomic E-state index is -0.381. The molecule has 33 heavy (non-hydrogen) atoms. The first kappa shape index (κ1) is 23.3. The average molecular weight is 448 g/mol. The number of nitrogens with one attached hydrogen (secondary N) is 2. The monoisotopic (exact) mass is 448 g/mol. The Balaban J connectivity index is 1.65. The van der Waals surface area contributed by atoms with Crippen LogP contribution in [-0.2, 0) is 4.79 Å². The number of para-hydroxylation sites is 2. The average Bonchev–Trinajstić information content (AvgIpc) is 2.83. The first-order valence-corrected chi connectivity index (χ1v) is 10.1. The van der Waals surface area contributed by atoms with E-state index in [4.69, 9.17) is 14.2 Å². The number of carbonyl (C=O) groups is 3. The molecule has 0 fully saturated rings. The van der Waals surface area contributed by atoms with Gasteiger partial charge in [-0.3, -0.25) is 14.4 Å². The number of Topliss-reactive ketones (excluding diaryl/α,β-unsaturated/α-hetero) is 1. The Kier molecular flexibility index (Phi) is 7.64. The number of anilines is 2. The SMILES string of the molecule is COc1ccccc1NC(=O)COc1ccc(C(=O)Nc2cccc(C(C)=O)c2)cc1OC. The summed E-state index contributed by atoms with van der Waals surface area (Å²) in [6.45, 7) is 1.19. The molecule has 3 aromatic carbocycles.